The van der Waals surface area contributed by atoms with Crippen LogP contribution in [0.2, 0.25) is 0 Å². The van der Waals surface area contributed by atoms with Gasteiger partial charge in [0.25, 0.3) is 0 Å². The van der Waals surface area contributed by atoms with E-state index >= 15 is 0 Å². The molecule has 0 rings (SSSR count). The van der Waals surface area contributed by atoms with Gasteiger partial charge in [-0.25, -0.2) is 4.79 Å². The van der Waals surface area contributed by atoms with Crippen molar-refractivity contribution in [3.05, 3.63) is 0 Å². The molecule has 0 aliphatic carbocycles. The van der Waals surface area contributed by atoms with Crippen LogP contribution < -0.4 is 11.5 Å². The van der Waals surface area contributed by atoms with Crippen molar-refractivity contribution in [1.29, 1.82) is 0 Å². The molecule has 0 saturated carbocycles. The van der Waals surface area contributed by atoms with Crippen LogP contribution in [0, 0.1) is 0 Å². The maximum Gasteiger partial charge on any atom is 0.407 e. The fraction of sp³-hybridized carbons (Fsp3) is 0.900. The minimum absolute atomic E-state index is 0. The average Bonchev–Trinajstić information content (AvgIpc) is 1.94. The molecule has 0 aliphatic heterocycles. The fourth-order valence-electron chi connectivity index (χ4n) is 0.880. The molecule has 14 heavy (non-hydrogen) atoms. The smallest absolute Gasteiger partial charge is 0.407 e. The van der Waals surface area contributed by atoms with E-state index < -0.39 is 5.60 Å². The van der Waals surface area contributed by atoms with Crippen LogP contribution in [0.4, 0.5) is 4.79 Å². The molecule has 4 nitrogen and oxygen atoms in total. The molecular formula is C10H24N2O2. The lowest BCUT2D eigenvalue weighted by Crippen LogP contribution is -2.32. The second-order valence-electron chi connectivity index (χ2n) is 4.14. The zero-order chi connectivity index (χ0) is 10.3. The van der Waals surface area contributed by atoms with Crippen LogP contribution in [0.25, 0.3) is 0 Å². The summed E-state index contributed by atoms with van der Waals surface area (Å²) in [4.78, 5) is 11.1. The van der Waals surface area contributed by atoms with E-state index in [4.69, 9.17) is 4.74 Å². The number of carbonyl (C=O) groups excluding carboxylic acids is 1. The van der Waals surface area contributed by atoms with Crippen LogP contribution in [-0.4, -0.2) is 18.2 Å². The van der Waals surface area contributed by atoms with E-state index in [0.29, 0.717) is 6.54 Å². The van der Waals surface area contributed by atoms with Gasteiger partial charge in [-0.2, -0.15) is 0 Å². The van der Waals surface area contributed by atoms with Gasteiger partial charge in [-0.1, -0.05) is 19.8 Å². The number of carbonyl (C=O) groups is 1. The number of alkyl carbamates (subject to hydrolysis) is 1. The number of ether oxygens (including phenoxy) is 1. The van der Waals surface area contributed by atoms with Crippen molar-refractivity contribution < 1.29 is 9.53 Å². The van der Waals surface area contributed by atoms with Gasteiger partial charge < -0.3 is 16.2 Å². The Morgan fingerprint density at radius 3 is 2.29 bits per heavy atom. The maximum absolute atomic E-state index is 11.1. The number of rotatable bonds is 4. The number of nitrogens with one attached hydrogen (secondary N) is 1. The lowest BCUT2D eigenvalue weighted by atomic mass is 10.2. The van der Waals surface area contributed by atoms with Crippen molar-refractivity contribution in [2.45, 2.75) is 52.6 Å². The second kappa shape index (κ2) is 7.62. The SMILES string of the molecule is CCCCCNC(=O)OC(C)(C)C.N. The summed E-state index contributed by atoms with van der Waals surface area (Å²) in [5.74, 6) is 0. The van der Waals surface area contributed by atoms with Gasteiger partial charge in [0.2, 0.25) is 0 Å². The van der Waals surface area contributed by atoms with E-state index in [0.717, 1.165) is 19.3 Å². The van der Waals surface area contributed by atoms with Gasteiger partial charge >= 0.3 is 6.09 Å². The van der Waals surface area contributed by atoms with Crippen LogP contribution in [0.1, 0.15) is 47.0 Å². The molecule has 0 unspecified atom stereocenters. The highest BCUT2D eigenvalue weighted by molar-refractivity contribution is 5.67. The molecule has 0 radical (unpaired) electrons. The summed E-state index contributed by atoms with van der Waals surface area (Å²) in [6.45, 7) is 8.42. The van der Waals surface area contributed by atoms with Gasteiger partial charge in [-0.3, -0.25) is 0 Å². The van der Waals surface area contributed by atoms with Gasteiger partial charge in [0.1, 0.15) is 5.60 Å². The van der Waals surface area contributed by atoms with Gasteiger partial charge in [0.15, 0.2) is 0 Å². The number of hydrogen-bond donors (Lipinski definition) is 2. The molecule has 0 aliphatic rings. The monoisotopic (exact) mass is 204 g/mol. The molecule has 0 atom stereocenters. The molecule has 0 aromatic rings. The summed E-state index contributed by atoms with van der Waals surface area (Å²) in [6, 6.07) is 0. The molecule has 4 heteroatoms. The first kappa shape index (κ1) is 15.7. The first-order valence-electron chi connectivity index (χ1n) is 4.92. The molecule has 0 heterocycles. The van der Waals surface area contributed by atoms with Crippen LogP contribution in [0.3, 0.4) is 0 Å². The molecule has 4 N–H and O–H groups in total. The van der Waals surface area contributed by atoms with Crippen molar-refractivity contribution in [3.63, 3.8) is 0 Å². The third kappa shape index (κ3) is 11.2. The van der Waals surface area contributed by atoms with Crippen LogP contribution in [-0.2, 0) is 4.74 Å². The summed E-state index contributed by atoms with van der Waals surface area (Å²) in [6.07, 6.45) is 3.02. The Hall–Kier alpha value is -0.770. The van der Waals surface area contributed by atoms with Crippen molar-refractivity contribution in [2.75, 3.05) is 6.54 Å². The van der Waals surface area contributed by atoms with Gasteiger partial charge in [0, 0.05) is 6.54 Å². The highest BCUT2D eigenvalue weighted by Gasteiger charge is 2.15. The molecular weight excluding hydrogens is 180 g/mol. The van der Waals surface area contributed by atoms with Gasteiger partial charge in [0.05, 0.1) is 0 Å². The molecule has 0 saturated heterocycles. The van der Waals surface area contributed by atoms with Gasteiger partial charge in [-0.05, 0) is 27.2 Å². The molecule has 0 spiro atoms. The largest absolute Gasteiger partial charge is 0.444 e. The summed E-state index contributed by atoms with van der Waals surface area (Å²) in [5.41, 5.74) is -0.394. The van der Waals surface area contributed by atoms with Crippen LogP contribution in [0.15, 0.2) is 0 Å². The normalized spacial score (nSPS) is 10.3. The summed E-state index contributed by atoms with van der Waals surface area (Å²) < 4.78 is 5.07. The van der Waals surface area contributed by atoms with Crippen LogP contribution in [0.5, 0.6) is 0 Å². The second-order valence-corrected chi connectivity index (χ2v) is 4.14. The van der Waals surface area contributed by atoms with E-state index in [1.807, 2.05) is 20.8 Å². The molecule has 1 amide bonds. The highest BCUT2D eigenvalue weighted by atomic mass is 16.6. The zero-order valence-electron chi connectivity index (χ0n) is 9.85. The van der Waals surface area contributed by atoms with E-state index in [1.54, 1.807) is 0 Å². The standard InChI is InChI=1S/C10H21NO2.H3N/c1-5-6-7-8-11-9(12)13-10(2,3)4;/h5-8H2,1-4H3,(H,11,12);1H3. The quantitative estimate of drug-likeness (QED) is 0.691. The Labute approximate surface area is 87.0 Å². The molecule has 86 valence electrons. The van der Waals surface area contributed by atoms with Crippen molar-refractivity contribution >= 4 is 6.09 Å². The third-order valence-corrected chi connectivity index (χ3v) is 1.45. The Morgan fingerprint density at radius 1 is 1.29 bits per heavy atom. The van der Waals surface area contributed by atoms with E-state index in [-0.39, 0.29) is 12.2 Å². The van der Waals surface area contributed by atoms with E-state index in [9.17, 15) is 4.79 Å². The first-order chi connectivity index (χ1) is 5.95. The van der Waals surface area contributed by atoms with E-state index in [2.05, 4.69) is 12.2 Å². The van der Waals surface area contributed by atoms with Crippen molar-refractivity contribution in [3.8, 4) is 0 Å². The summed E-state index contributed by atoms with van der Waals surface area (Å²) in [7, 11) is 0. The minimum Gasteiger partial charge on any atom is -0.444 e. The topological polar surface area (TPSA) is 73.3 Å². The lowest BCUT2D eigenvalue weighted by molar-refractivity contribution is 0.0527. The number of hydrogen-bond acceptors (Lipinski definition) is 3. The summed E-state index contributed by atoms with van der Waals surface area (Å²) in [5, 5.41) is 2.71. The molecule has 0 aromatic heterocycles. The maximum atomic E-state index is 11.1. The molecule has 0 aromatic carbocycles. The molecule has 0 fully saturated rings. The Balaban J connectivity index is 0. The Morgan fingerprint density at radius 2 is 1.86 bits per heavy atom. The van der Waals surface area contributed by atoms with Gasteiger partial charge in [-0.15, -0.1) is 0 Å². The fourth-order valence-corrected chi connectivity index (χ4v) is 0.880. The predicted molar refractivity (Wildman–Crippen MR) is 58.8 cm³/mol. The Bertz CT molecular complexity index is 153. The summed E-state index contributed by atoms with van der Waals surface area (Å²) >= 11 is 0. The predicted octanol–water partition coefficient (Wildman–Crippen LogP) is 2.86. The van der Waals surface area contributed by atoms with Crippen molar-refractivity contribution in [2.24, 2.45) is 0 Å². The highest BCUT2D eigenvalue weighted by Crippen LogP contribution is 2.06. The van der Waals surface area contributed by atoms with Crippen molar-refractivity contribution in [1.82, 2.24) is 11.5 Å². The van der Waals surface area contributed by atoms with E-state index in [1.165, 1.54) is 0 Å². The average molecular weight is 204 g/mol. The third-order valence-electron chi connectivity index (χ3n) is 1.45. The van der Waals surface area contributed by atoms with Crippen LogP contribution >= 0.6 is 0 Å². The lowest BCUT2D eigenvalue weighted by Gasteiger charge is -2.19. The first-order valence-corrected chi connectivity index (χ1v) is 4.92. The molecule has 0 bridgehead atoms. The number of amides is 1. The number of unbranched alkanes of at least 4 members (excludes halogenated alkanes) is 2. The minimum atomic E-state index is -0.394. The Kier molecular flexibility index (Phi) is 8.54. The zero-order valence-corrected chi connectivity index (χ0v) is 9.85.